The molecule has 0 aliphatic heterocycles. The Kier molecular flexibility index (Phi) is 3.26. The number of rotatable bonds is 2. The monoisotopic (exact) mass is 183 g/mol. The molecule has 0 radical (unpaired) electrons. The van der Waals surface area contributed by atoms with E-state index in [9.17, 15) is 18.0 Å². The van der Waals surface area contributed by atoms with Crippen molar-refractivity contribution in [2.45, 2.75) is 13.1 Å². The molecule has 0 rings (SSSR count). The number of carbonyl (C=O) groups excluding carboxylic acids is 1. The van der Waals surface area contributed by atoms with Gasteiger partial charge in [0, 0.05) is 18.8 Å². The minimum atomic E-state index is -4.88. The van der Waals surface area contributed by atoms with Crippen molar-refractivity contribution in [1.82, 2.24) is 5.06 Å². The van der Waals surface area contributed by atoms with Crippen LogP contribution < -0.4 is 0 Å². The number of allylic oxidation sites excluding steroid dienone is 2. The van der Waals surface area contributed by atoms with E-state index in [1.54, 1.807) is 0 Å². The molecular formula is C6H8F3NO2. The van der Waals surface area contributed by atoms with Crippen LogP contribution in [0.3, 0.4) is 0 Å². The normalized spacial score (nSPS) is 13.0. The standard InChI is InChI=1S/C6H8F3NO2/c1-4(10(2)12)3-5(11)6(7,8)9/h3,12H,1-2H3/b4-3+. The molecule has 0 spiro atoms. The molecule has 0 bridgehead atoms. The molecule has 0 aromatic rings. The van der Waals surface area contributed by atoms with E-state index in [1.165, 1.54) is 6.92 Å². The summed E-state index contributed by atoms with van der Waals surface area (Å²) >= 11 is 0. The predicted molar refractivity (Wildman–Crippen MR) is 34.4 cm³/mol. The van der Waals surface area contributed by atoms with Crippen molar-refractivity contribution in [2.75, 3.05) is 7.05 Å². The Balaban J connectivity index is 4.46. The van der Waals surface area contributed by atoms with Crippen LogP contribution in [0.25, 0.3) is 0 Å². The van der Waals surface area contributed by atoms with E-state index in [0.717, 1.165) is 7.05 Å². The number of halogens is 3. The molecule has 0 saturated heterocycles. The van der Waals surface area contributed by atoms with Gasteiger partial charge in [-0.3, -0.25) is 15.1 Å². The van der Waals surface area contributed by atoms with Crippen molar-refractivity contribution in [3.63, 3.8) is 0 Å². The first-order valence-electron chi connectivity index (χ1n) is 2.97. The summed E-state index contributed by atoms with van der Waals surface area (Å²) in [5.74, 6) is -1.99. The lowest BCUT2D eigenvalue weighted by Gasteiger charge is -2.10. The van der Waals surface area contributed by atoms with Gasteiger partial charge in [-0.25, -0.2) is 0 Å². The summed E-state index contributed by atoms with van der Waals surface area (Å²) in [6.07, 6.45) is -4.56. The Morgan fingerprint density at radius 2 is 1.92 bits per heavy atom. The third-order valence-electron chi connectivity index (χ3n) is 1.13. The molecule has 0 amide bonds. The van der Waals surface area contributed by atoms with Crippen LogP contribution in [0, 0.1) is 0 Å². The summed E-state index contributed by atoms with van der Waals surface area (Å²) in [7, 11) is 1.12. The van der Waals surface area contributed by atoms with E-state index < -0.39 is 12.0 Å². The van der Waals surface area contributed by atoms with E-state index in [1.807, 2.05) is 0 Å². The highest BCUT2D eigenvalue weighted by Crippen LogP contribution is 2.17. The summed E-state index contributed by atoms with van der Waals surface area (Å²) in [5.41, 5.74) is -0.169. The van der Waals surface area contributed by atoms with E-state index in [0.29, 0.717) is 11.1 Å². The van der Waals surface area contributed by atoms with Crippen LogP contribution >= 0.6 is 0 Å². The third kappa shape index (κ3) is 3.38. The topological polar surface area (TPSA) is 40.5 Å². The van der Waals surface area contributed by atoms with E-state index in [4.69, 9.17) is 5.21 Å². The van der Waals surface area contributed by atoms with Crippen LogP contribution in [-0.4, -0.2) is 29.3 Å². The first-order valence-corrected chi connectivity index (χ1v) is 2.97. The molecule has 0 aliphatic rings. The van der Waals surface area contributed by atoms with Crippen molar-refractivity contribution in [2.24, 2.45) is 0 Å². The van der Waals surface area contributed by atoms with Crippen LogP contribution in [-0.2, 0) is 4.79 Å². The van der Waals surface area contributed by atoms with Gasteiger partial charge in [-0.05, 0) is 6.92 Å². The average molecular weight is 183 g/mol. The van der Waals surface area contributed by atoms with Crippen molar-refractivity contribution < 1.29 is 23.2 Å². The molecule has 0 heterocycles. The lowest BCUT2D eigenvalue weighted by molar-refractivity contribution is -0.165. The van der Waals surface area contributed by atoms with Gasteiger partial charge in [0.05, 0.1) is 0 Å². The number of hydrogen-bond donors (Lipinski definition) is 1. The van der Waals surface area contributed by atoms with E-state index in [2.05, 4.69) is 0 Å². The predicted octanol–water partition coefficient (Wildman–Crippen LogP) is 1.34. The summed E-state index contributed by atoms with van der Waals surface area (Å²) < 4.78 is 34.7. The fraction of sp³-hybridized carbons (Fsp3) is 0.500. The van der Waals surface area contributed by atoms with Gasteiger partial charge in [-0.15, -0.1) is 0 Å². The number of ketones is 1. The van der Waals surface area contributed by atoms with Crippen molar-refractivity contribution >= 4 is 5.78 Å². The zero-order valence-electron chi connectivity index (χ0n) is 6.51. The molecule has 0 aromatic carbocycles. The average Bonchev–Trinajstić information content (AvgIpc) is 1.85. The third-order valence-corrected chi connectivity index (χ3v) is 1.13. The number of alkyl halides is 3. The smallest absolute Gasteiger partial charge is 0.289 e. The summed E-state index contributed by atoms with van der Waals surface area (Å²) in [6.45, 7) is 1.18. The molecule has 0 unspecified atom stereocenters. The Labute approximate surface area is 67.0 Å². The number of hydrogen-bond acceptors (Lipinski definition) is 3. The quantitative estimate of drug-likeness (QED) is 0.518. The lowest BCUT2D eigenvalue weighted by Crippen LogP contribution is -2.22. The summed E-state index contributed by atoms with van der Waals surface area (Å²) in [6, 6.07) is 0. The van der Waals surface area contributed by atoms with Gasteiger partial charge < -0.3 is 0 Å². The van der Waals surface area contributed by atoms with Crippen LogP contribution in [0.2, 0.25) is 0 Å². The minimum absolute atomic E-state index is 0.169. The molecule has 0 aromatic heterocycles. The van der Waals surface area contributed by atoms with Crippen LogP contribution in [0.15, 0.2) is 11.8 Å². The zero-order valence-corrected chi connectivity index (χ0v) is 6.51. The zero-order chi connectivity index (χ0) is 9.94. The molecule has 0 atom stereocenters. The second-order valence-electron chi connectivity index (χ2n) is 2.17. The van der Waals surface area contributed by atoms with Gasteiger partial charge in [0.25, 0.3) is 5.78 Å². The fourth-order valence-corrected chi connectivity index (χ4v) is 0.365. The first kappa shape index (κ1) is 11.0. The molecule has 70 valence electrons. The maximum Gasteiger partial charge on any atom is 0.454 e. The Morgan fingerprint density at radius 1 is 1.50 bits per heavy atom. The minimum Gasteiger partial charge on any atom is -0.289 e. The molecule has 12 heavy (non-hydrogen) atoms. The fourth-order valence-electron chi connectivity index (χ4n) is 0.365. The number of carbonyl (C=O) groups is 1. The van der Waals surface area contributed by atoms with Gasteiger partial charge in [0.2, 0.25) is 0 Å². The molecule has 0 fully saturated rings. The van der Waals surface area contributed by atoms with Crippen molar-refractivity contribution in [3.05, 3.63) is 11.8 Å². The molecule has 1 N–H and O–H groups in total. The summed E-state index contributed by atoms with van der Waals surface area (Å²) in [5, 5.41) is 9.02. The Hall–Kier alpha value is -1.04. The van der Waals surface area contributed by atoms with Crippen LogP contribution in [0.4, 0.5) is 13.2 Å². The highest BCUT2D eigenvalue weighted by Gasteiger charge is 2.36. The lowest BCUT2D eigenvalue weighted by atomic mass is 10.3. The van der Waals surface area contributed by atoms with Gasteiger partial charge in [-0.1, -0.05) is 0 Å². The Bertz CT molecular complexity index is 207. The highest BCUT2D eigenvalue weighted by molar-refractivity contribution is 5.94. The number of hydroxylamine groups is 2. The van der Waals surface area contributed by atoms with Gasteiger partial charge in [0.15, 0.2) is 0 Å². The Morgan fingerprint density at radius 3 is 2.17 bits per heavy atom. The largest absolute Gasteiger partial charge is 0.454 e. The molecule has 6 heteroatoms. The van der Waals surface area contributed by atoms with Gasteiger partial charge in [0.1, 0.15) is 0 Å². The molecule has 0 aliphatic carbocycles. The SMILES string of the molecule is C/C(=C\C(=O)C(F)(F)F)N(C)O. The number of nitrogens with zero attached hydrogens (tertiary/aromatic N) is 1. The highest BCUT2D eigenvalue weighted by atomic mass is 19.4. The van der Waals surface area contributed by atoms with Gasteiger partial charge >= 0.3 is 6.18 Å². The maximum atomic E-state index is 11.6. The van der Waals surface area contributed by atoms with E-state index in [-0.39, 0.29) is 5.70 Å². The van der Waals surface area contributed by atoms with Gasteiger partial charge in [-0.2, -0.15) is 13.2 Å². The van der Waals surface area contributed by atoms with Crippen molar-refractivity contribution in [1.29, 1.82) is 0 Å². The maximum absolute atomic E-state index is 11.6. The first-order chi connectivity index (χ1) is 5.25. The summed E-state index contributed by atoms with van der Waals surface area (Å²) in [4.78, 5) is 10.2. The van der Waals surface area contributed by atoms with E-state index >= 15 is 0 Å². The van der Waals surface area contributed by atoms with Crippen molar-refractivity contribution in [3.8, 4) is 0 Å². The van der Waals surface area contributed by atoms with Crippen LogP contribution in [0.5, 0.6) is 0 Å². The second kappa shape index (κ2) is 3.57. The molecular weight excluding hydrogens is 175 g/mol. The van der Waals surface area contributed by atoms with Crippen LogP contribution in [0.1, 0.15) is 6.92 Å². The second-order valence-corrected chi connectivity index (χ2v) is 2.17. The molecule has 0 saturated carbocycles. The molecule has 3 nitrogen and oxygen atoms in total.